The largest absolute Gasteiger partial charge is 0.398 e. The summed E-state index contributed by atoms with van der Waals surface area (Å²) in [5.41, 5.74) is 8.97. The first kappa shape index (κ1) is 9.59. The molecule has 0 fully saturated rings. The Hall–Kier alpha value is -1.50. The molecule has 0 saturated carbocycles. The molecule has 0 aliphatic heterocycles. The third kappa shape index (κ3) is 2.79. The molecule has 0 atom stereocenters. The zero-order chi connectivity index (χ0) is 9.68. The third-order valence-electron chi connectivity index (χ3n) is 1.85. The minimum absolute atomic E-state index is 0.804. The molecule has 0 spiro atoms. The summed E-state index contributed by atoms with van der Waals surface area (Å²) >= 11 is 0. The Balaban J connectivity index is 2.89. The molecule has 1 nitrogen and oxygen atoms in total. The quantitative estimate of drug-likeness (QED) is 0.684. The van der Waals surface area contributed by atoms with E-state index in [0.717, 1.165) is 11.3 Å². The van der Waals surface area contributed by atoms with Gasteiger partial charge in [-0.3, -0.25) is 0 Å². The first-order valence-electron chi connectivity index (χ1n) is 4.39. The summed E-state index contributed by atoms with van der Waals surface area (Å²) in [4.78, 5) is 0. The lowest BCUT2D eigenvalue weighted by molar-refractivity contribution is 1.43. The smallest absolute Gasteiger partial charge is 0.0387 e. The molecular formula is C12H15N. The molecule has 0 aliphatic carbocycles. The molecule has 13 heavy (non-hydrogen) atoms. The van der Waals surface area contributed by atoms with Crippen LogP contribution in [0.15, 0.2) is 42.5 Å². The van der Waals surface area contributed by atoms with Gasteiger partial charge >= 0.3 is 0 Å². The molecule has 1 aromatic rings. The van der Waals surface area contributed by atoms with E-state index in [4.69, 9.17) is 5.73 Å². The van der Waals surface area contributed by atoms with E-state index in [1.165, 1.54) is 5.56 Å². The fourth-order valence-corrected chi connectivity index (χ4v) is 1.04. The van der Waals surface area contributed by atoms with Crippen molar-refractivity contribution in [1.29, 1.82) is 0 Å². The van der Waals surface area contributed by atoms with Crippen LogP contribution in [-0.4, -0.2) is 0 Å². The van der Waals surface area contributed by atoms with Gasteiger partial charge in [-0.25, -0.2) is 0 Å². The van der Waals surface area contributed by atoms with Crippen LogP contribution in [0.1, 0.15) is 18.1 Å². The molecular weight excluding hydrogens is 158 g/mol. The summed E-state index contributed by atoms with van der Waals surface area (Å²) in [5.74, 6) is 0. The van der Waals surface area contributed by atoms with Gasteiger partial charge in [0.25, 0.3) is 0 Å². The number of hydrogen-bond acceptors (Lipinski definition) is 1. The topological polar surface area (TPSA) is 26.0 Å². The minimum Gasteiger partial charge on any atom is -0.398 e. The monoisotopic (exact) mass is 173 g/mol. The molecule has 68 valence electrons. The van der Waals surface area contributed by atoms with Crippen molar-refractivity contribution in [1.82, 2.24) is 0 Å². The van der Waals surface area contributed by atoms with Crippen molar-refractivity contribution in [2.75, 3.05) is 0 Å². The zero-order valence-corrected chi connectivity index (χ0v) is 8.12. The van der Waals surface area contributed by atoms with Crippen LogP contribution in [0.5, 0.6) is 0 Å². The van der Waals surface area contributed by atoms with Gasteiger partial charge in [-0.15, -0.1) is 0 Å². The molecule has 1 heteroatoms. The van der Waals surface area contributed by atoms with Gasteiger partial charge < -0.3 is 5.73 Å². The molecule has 1 aromatic carbocycles. The molecule has 0 amide bonds. The van der Waals surface area contributed by atoms with Gasteiger partial charge in [0.2, 0.25) is 0 Å². The molecule has 2 N–H and O–H groups in total. The van der Waals surface area contributed by atoms with Crippen LogP contribution in [0.25, 0.3) is 5.70 Å². The van der Waals surface area contributed by atoms with Crippen molar-refractivity contribution >= 4 is 5.70 Å². The van der Waals surface area contributed by atoms with E-state index < -0.39 is 0 Å². The standard InChI is InChI=1S/C12H15N/c1-3-4-5-12(13)11-8-6-10(2)7-9-11/h3-9H,13H2,1-2H3/b4-3-,12-5-. The fourth-order valence-electron chi connectivity index (χ4n) is 1.04. The van der Waals surface area contributed by atoms with Gasteiger partial charge in [0.1, 0.15) is 0 Å². The maximum Gasteiger partial charge on any atom is 0.0387 e. The number of rotatable bonds is 2. The average Bonchev–Trinajstić information content (AvgIpc) is 2.15. The Labute approximate surface area is 79.6 Å². The highest BCUT2D eigenvalue weighted by molar-refractivity contribution is 5.64. The molecule has 0 aromatic heterocycles. The van der Waals surface area contributed by atoms with Gasteiger partial charge in [-0.2, -0.15) is 0 Å². The van der Waals surface area contributed by atoms with Crippen molar-refractivity contribution in [2.24, 2.45) is 5.73 Å². The van der Waals surface area contributed by atoms with E-state index in [-0.39, 0.29) is 0 Å². The SMILES string of the molecule is C/C=C\C=C(/N)c1ccc(C)cc1. The van der Waals surface area contributed by atoms with Gasteiger partial charge in [0.05, 0.1) is 0 Å². The van der Waals surface area contributed by atoms with Crippen LogP contribution in [-0.2, 0) is 0 Å². The van der Waals surface area contributed by atoms with Crippen LogP contribution >= 0.6 is 0 Å². The van der Waals surface area contributed by atoms with Crippen LogP contribution < -0.4 is 5.73 Å². The Bertz CT molecular complexity index is 317. The number of aryl methyl sites for hydroxylation is 1. The highest BCUT2D eigenvalue weighted by Crippen LogP contribution is 2.09. The second-order valence-corrected chi connectivity index (χ2v) is 3.01. The molecule has 1 rings (SSSR count). The summed E-state index contributed by atoms with van der Waals surface area (Å²) in [6.07, 6.45) is 5.81. The van der Waals surface area contributed by atoms with Crippen LogP contribution in [0.2, 0.25) is 0 Å². The van der Waals surface area contributed by atoms with E-state index in [2.05, 4.69) is 19.1 Å². The maximum atomic E-state index is 5.84. The molecule has 0 radical (unpaired) electrons. The van der Waals surface area contributed by atoms with Crippen LogP contribution in [0, 0.1) is 6.92 Å². The molecule has 0 unspecified atom stereocenters. The summed E-state index contributed by atoms with van der Waals surface area (Å²) in [7, 11) is 0. The van der Waals surface area contributed by atoms with E-state index in [0.29, 0.717) is 0 Å². The number of benzene rings is 1. The first-order chi connectivity index (χ1) is 6.24. The number of nitrogens with two attached hydrogens (primary N) is 1. The molecule has 0 saturated heterocycles. The summed E-state index contributed by atoms with van der Waals surface area (Å²) < 4.78 is 0. The average molecular weight is 173 g/mol. The van der Waals surface area contributed by atoms with Gasteiger partial charge in [-0.1, -0.05) is 42.0 Å². The Morgan fingerprint density at radius 2 is 1.85 bits per heavy atom. The van der Waals surface area contributed by atoms with Crippen molar-refractivity contribution in [2.45, 2.75) is 13.8 Å². The first-order valence-corrected chi connectivity index (χ1v) is 4.39. The highest BCUT2D eigenvalue weighted by Gasteiger charge is 1.92. The fraction of sp³-hybridized carbons (Fsp3) is 0.167. The zero-order valence-electron chi connectivity index (χ0n) is 8.12. The van der Waals surface area contributed by atoms with Crippen molar-refractivity contribution < 1.29 is 0 Å². The molecule has 0 aliphatic rings. The second-order valence-electron chi connectivity index (χ2n) is 3.01. The number of allylic oxidation sites excluding steroid dienone is 3. The van der Waals surface area contributed by atoms with Crippen LogP contribution in [0.4, 0.5) is 0 Å². The van der Waals surface area contributed by atoms with Gasteiger partial charge in [0.15, 0.2) is 0 Å². The predicted octanol–water partition coefficient (Wildman–Crippen LogP) is 2.87. The lowest BCUT2D eigenvalue weighted by atomic mass is 10.1. The van der Waals surface area contributed by atoms with E-state index >= 15 is 0 Å². The van der Waals surface area contributed by atoms with Crippen molar-refractivity contribution in [3.8, 4) is 0 Å². The second kappa shape index (κ2) is 4.51. The summed E-state index contributed by atoms with van der Waals surface area (Å²) in [6.45, 7) is 4.04. The molecule has 0 heterocycles. The molecule has 0 bridgehead atoms. The predicted molar refractivity (Wildman–Crippen MR) is 58.2 cm³/mol. The maximum absolute atomic E-state index is 5.84. The van der Waals surface area contributed by atoms with E-state index in [1.54, 1.807) is 0 Å². The highest BCUT2D eigenvalue weighted by atomic mass is 14.6. The summed E-state index contributed by atoms with van der Waals surface area (Å²) in [5, 5.41) is 0. The minimum atomic E-state index is 0.804. The van der Waals surface area contributed by atoms with E-state index in [1.807, 2.05) is 37.3 Å². The van der Waals surface area contributed by atoms with Gasteiger partial charge in [-0.05, 0) is 25.5 Å². The Kier molecular flexibility index (Phi) is 3.32. The number of hydrogen-bond donors (Lipinski definition) is 1. The Morgan fingerprint density at radius 3 is 2.38 bits per heavy atom. The lowest BCUT2D eigenvalue weighted by Crippen LogP contribution is -1.95. The Morgan fingerprint density at radius 1 is 1.23 bits per heavy atom. The van der Waals surface area contributed by atoms with Crippen molar-refractivity contribution in [3.05, 3.63) is 53.6 Å². The summed E-state index contributed by atoms with van der Waals surface area (Å²) in [6, 6.07) is 8.19. The van der Waals surface area contributed by atoms with E-state index in [9.17, 15) is 0 Å². The van der Waals surface area contributed by atoms with Crippen molar-refractivity contribution in [3.63, 3.8) is 0 Å². The van der Waals surface area contributed by atoms with Gasteiger partial charge in [0, 0.05) is 5.70 Å². The normalized spacial score (nSPS) is 12.3. The third-order valence-corrected chi connectivity index (χ3v) is 1.85. The lowest BCUT2D eigenvalue weighted by Gasteiger charge is -2.00. The van der Waals surface area contributed by atoms with Crippen LogP contribution in [0.3, 0.4) is 0 Å².